The Bertz CT molecular complexity index is 352. The zero-order valence-corrected chi connectivity index (χ0v) is 10.2. The normalized spacial score (nSPS) is 12.5. The summed E-state index contributed by atoms with van der Waals surface area (Å²) in [5.41, 5.74) is 0.759. The van der Waals surface area contributed by atoms with Crippen molar-refractivity contribution in [3.63, 3.8) is 0 Å². The highest BCUT2D eigenvalue weighted by atomic mass is 79.9. The smallest absolute Gasteiger partial charge is 0.332 e. The molecule has 0 saturated heterocycles. The van der Waals surface area contributed by atoms with E-state index in [1.54, 1.807) is 12.1 Å². The number of hydrogen-bond donors (Lipinski definition) is 2. The molecule has 1 atom stereocenters. The fraction of sp³-hybridized carbons (Fsp3) is 0.222. The maximum absolute atomic E-state index is 10.4. The molecule has 0 fully saturated rings. The topological polar surface area (TPSA) is 57.5 Å². The van der Waals surface area contributed by atoms with Crippen molar-refractivity contribution in [1.29, 1.82) is 0 Å². The first-order valence-electron chi connectivity index (χ1n) is 3.85. The number of carbonyl (C=O) groups is 1. The Kier molecular flexibility index (Phi) is 4.10. The molecule has 1 aromatic rings. The summed E-state index contributed by atoms with van der Waals surface area (Å²) >= 11 is 6.56. The number of carboxylic acids is 1. The predicted octanol–water partition coefficient (Wildman–Crippen LogP) is 2.20. The highest BCUT2D eigenvalue weighted by Crippen LogP contribution is 2.22. The van der Waals surface area contributed by atoms with Gasteiger partial charge in [-0.2, -0.15) is 0 Å². The quantitative estimate of drug-likeness (QED) is 0.896. The molecule has 1 unspecified atom stereocenters. The van der Waals surface area contributed by atoms with E-state index in [1.807, 2.05) is 6.07 Å². The third-order valence-electron chi connectivity index (χ3n) is 1.71. The third kappa shape index (κ3) is 3.08. The van der Waals surface area contributed by atoms with Gasteiger partial charge < -0.3 is 10.2 Å². The third-order valence-corrected chi connectivity index (χ3v) is 2.97. The number of halogens is 2. The second-order valence-corrected chi connectivity index (χ2v) is 4.56. The van der Waals surface area contributed by atoms with Crippen molar-refractivity contribution in [2.24, 2.45) is 0 Å². The van der Waals surface area contributed by atoms with Gasteiger partial charge in [-0.15, -0.1) is 0 Å². The number of benzene rings is 1. The van der Waals surface area contributed by atoms with Crippen molar-refractivity contribution >= 4 is 37.8 Å². The van der Waals surface area contributed by atoms with Crippen LogP contribution in [-0.4, -0.2) is 22.3 Å². The Morgan fingerprint density at radius 2 is 2.07 bits per heavy atom. The molecule has 1 rings (SSSR count). The first-order chi connectivity index (χ1) is 6.50. The maximum Gasteiger partial charge on any atom is 0.332 e. The molecule has 0 saturated carbocycles. The van der Waals surface area contributed by atoms with Crippen LogP contribution in [0.2, 0.25) is 0 Å². The standard InChI is InChI=1S/C9H8Br2O3/c10-6-1-2-7(11)5(3-6)4-8(12)9(13)14/h1-3,8,12H,4H2,(H,13,14). The molecule has 76 valence electrons. The highest BCUT2D eigenvalue weighted by Gasteiger charge is 2.15. The Morgan fingerprint density at radius 3 is 2.64 bits per heavy atom. The van der Waals surface area contributed by atoms with Crippen LogP contribution in [0.25, 0.3) is 0 Å². The van der Waals surface area contributed by atoms with Gasteiger partial charge in [-0.25, -0.2) is 4.79 Å². The van der Waals surface area contributed by atoms with E-state index in [1.165, 1.54) is 0 Å². The van der Waals surface area contributed by atoms with Gasteiger partial charge in [-0.1, -0.05) is 31.9 Å². The molecule has 0 aliphatic carbocycles. The van der Waals surface area contributed by atoms with Crippen LogP contribution in [0.3, 0.4) is 0 Å². The van der Waals surface area contributed by atoms with Crippen LogP contribution >= 0.6 is 31.9 Å². The number of aliphatic hydroxyl groups is 1. The Labute approximate surface area is 98.0 Å². The van der Waals surface area contributed by atoms with Crippen LogP contribution in [0.1, 0.15) is 5.56 Å². The average Bonchev–Trinajstić information content (AvgIpc) is 2.11. The molecule has 0 amide bonds. The van der Waals surface area contributed by atoms with E-state index in [2.05, 4.69) is 31.9 Å². The van der Waals surface area contributed by atoms with Gasteiger partial charge in [0.25, 0.3) is 0 Å². The summed E-state index contributed by atoms with van der Waals surface area (Å²) in [4.78, 5) is 10.4. The van der Waals surface area contributed by atoms with E-state index < -0.39 is 12.1 Å². The number of aliphatic carboxylic acids is 1. The van der Waals surface area contributed by atoms with Crippen molar-refractivity contribution in [3.05, 3.63) is 32.7 Å². The fourth-order valence-corrected chi connectivity index (χ4v) is 1.81. The van der Waals surface area contributed by atoms with Gasteiger partial charge >= 0.3 is 5.97 Å². The molecule has 2 N–H and O–H groups in total. The summed E-state index contributed by atoms with van der Waals surface area (Å²) in [5, 5.41) is 17.7. The molecule has 14 heavy (non-hydrogen) atoms. The van der Waals surface area contributed by atoms with Gasteiger partial charge in [0, 0.05) is 15.4 Å². The first-order valence-corrected chi connectivity index (χ1v) is 5.44. The van der Waals surface area contributed by atoms with Crippen molar-refractivity contribution in [2.45, 2.75) is 12.5 Å². The molecule has 1 aromatic carbocycles. The lowest BCUT2D eigenvalue weighted by Crippen LogP contribution is -2.22. The Morgan fingerprint density at radius 1 is 1.43 bits per heavy atom. The van der Waals surface area contributed by atoms with Crippen LogP contribution in [0, 0.1) is 0 Å². The van der Waals surface area contributed by atoms with E-state index in [-0.39, 0.29) is 6.42 Å². The van der Waals surface area contributed by atoms with Gasteiger partial charge in [0.05, 0.1) is 0 Å². The minimum Gasteiger partial charge on any atom is -0.479 e. The molecule has 0 radical (unpaired) electrons. The molecule has 0 aromatic heterocycles. The van der Waals surface area contributed by atoms with Crippen molar-refractivity contribution in [3.8, 4) is 0 Å². The number of rotatable bonds is 3. The second kappa shape index (κ2) is 4.91. The molecule has 0 aliphatic rings. The molecular weight excluding hydrogens is 316 g/mol. The first kappa shape index (κ1) is 11.7. The number of hydrogen-bond acceptors (Lipinski definition) is 2. The average molecular weight is 324 g/mol. The summed E-state index contributed by atoms with van der Waals surface area (Å²) in [5.74, 6) is -1.21. The summed E-state index contributed by atoms with van der Waals surface area (Å²) in [6, 6.07) is 5.41. The summed E-state index contributed by atoms with van der Waals surface area (Å²) in [6.45, 7) is 0. The van der Waals surface area contributed by atoms with E-state index in [9.17, 15) is 4.79 Å². The van der Waals surface area contributed by atoms with Crippen LogP contribution in [0.4, 0.5) is 0 Å². The summed E-state index contributed by atoms with van der Waals surface area (Å²) in [6.07, 6.45) is -1.27. The molecule has 5 heteroatoms. The van der Waals surface area contributed by atoms with Crippen LogP contribution < -0.4 is 0 Å². The SMILES string of the molecule is O=C(O)C(O)Cc1cc(Br)ccc1Br. The van der Waals surface area contributed by atoms with E-state index in [0.717, 1.165) is 14.5 Å². The lowest BCUT2D eigenvalue weighted by Gasteiger charge is -2.07. The maximum atomic E-state index is 10.4. The molecule has 0 aliphatic heterocycles. The lowest BCUT2D eigenvalue weighted by molar-refractivity contribution is -0.146. The van der Waals surface area contributed by atoms with Crippen molar-refractivity contribution in [2.75, 3.05) is 0 Å². The molecule has 0 heterocycles. The zero-order valence-electron chi connectivity index (χ0n) is 7.08. The molecule has 0 bridgehead atoms. The Hall–Kier alpha value is -0.390. The van der Waals surface area contributed by atoms with E-state index in [0.29, 0.717) is 0 Å². The molecule has 3 nitrogen and oxygen atoms in total. The number of aliphatic hydroxyl groups excluding tert-OH is 1. The minimum absolute atomic E-state index is 0.0926. The van der Waals surface area contributed by atoms with Gasteiger partial charge in [0.2, 0.25) is 0 Å². The van der Waals surface area contributed by atoms with Crippen LogP contribution in [0.15, 0.2) is 27.1 Å². The lowest BCUT2D eigenvalue weighted by atomic mass is 10.1. The van der Waals surface area contributed by atoms with Crippen LogP contribution in [-0.2, 0) is 11.2 Å². The highest BCUT2D eigenvalue weighted by molar-refractivity contribution is 9.11. The van der Waals surface area contributed by atoms with Gasteiger partial charge in [-0.05, 0) is 23.8 Å². The summed E-state index contributed by atoms with van der Waals surface area (Å²) in [7, 11) is 0. The largest absolute Gasteiger partial charge is 0.479 e. The van der Waals surface area contributed by atoms with Gasteiger partial charge in [-0.3, -0.25) is 0 Å². The fourth-order valence-electron chi connectivity index (χ4n) is 0.995. The summed E-state index contributed by atoms with van der Waals surface area (Å²) < 4.78 is 1.65. The Balaban J connectivity index is 2.85. The monoisotopic (exact) mass is 322 g/mol. The predicted molar refractivity (Wildman–Crippen MR) is 59.2 cm³/mol. The van der Waals surface area contributed by atoms with Crippen molar-refractivity contribution < 1.29 is 15.0 Å². The zero-order chi connectivity index (χ0) is 10.7. The van der Waals surface area contributed by atoms with E-state index in [4.69, 9.17) is 10.2 Å². The molecule has 0 spiro atoms. The van der Waals surface area contributed by atoms with Crippen LogP contribution in [0.5, 0.6) is 0 Å². The molecular formula is C9H8Br2O3. The van der Waals surface area contributed by atoms with Crippen molar-refractivity contribution in [1.82, 2.24) is 0 Å². The van der Waals surface area contributed by atoms with E-state index >= 15 is 0 Å². The van der Waals surface area contributed by atoms with Gasteiger partial charge in [0.1, 0.15) is 0 Å². The second-order valence-electron chi connectivity index (χ2n) is 2.79. The number of carboxylic acid groups (broad SMARTS) is 1. The minimum atomic E-state index is -1.36. The van der Waals surface area contributed by atoms with Gasteiger partial charge in [0.15, 0.2) is 6.10 Å².